The molecule has 0 radical (unpaired) electrons. The minimum absolute atomic E-state index is 0.121. The Bertz CT molecular complexity index is 874. The molecular formula is C18H21N5OS. The predicted octanol–water partition coefficient (Wildman–Crippen LogP) is 3.80. The molecule has 0 unspecified atom stereocenters. The molecule has 0 spiro atoms. The molecule has 1 N–H and O–H groups in total. The van der Waals surface area contributed by atoms with Crippen molar-refractivity contribution in [3.63, 3.8) is 0 Å². The monoisotopic (exact) mass is 355 g/mol. The van der Waals surface area contributed by atoms with Gasteiger partial charge in [-0.05, 0) is 51.3 Å². The van der Waals surface area contributed by atoms with Gasteiger partial charge in [0.25, 0.3) is 5.91 Å². The van der Waals surface area contributed by atoms with Crippen molar-refractivity contribution in [1.82, 2.24) is 19.3 Å². The third-order valence-corrected chi connectivity index (χ3v) is 4.39. The van der Waals surface area contributed by atoms with E-state index in [0.29, 0.717) is 11.3 Å². The summed E-state index contributed by atoms with van der Waals surface area (Å²) in [6.45, 7) is 6.18. The zero-order valence-electron chi connectivity index (χ0n) is 14.7. The molecule has 0 atom stereocenters. The minimum atomic E-state index is -0.157. The van der Waals surface area contributed by atoms with E-state index in [1.807, 2.05) is 52.2 Å². The van der Waals surface area contributed by atoms with Gasteiger partial charge in [-0.15, -0.1) is 0 Å². The number of aromatic nitrogens is 4. The first-order chi connectivity index (χ1) is 11.9. The van der Waals surface area contributed by atoms with E-state index in [1.165, 1.54) is 0 Å². The number of carbonyl (C=O) groups excluding carboxylic acids is 1. The van der Waals surface area contributed by atoms with E-state index in [-0.39, 0.29) is 11.4 Å². The number of hydrogen-bond donors (Lipinski definition) is 1. The van der Waals surface area contributed by atoms with E-state index in [4.69, 9.17) is 0 Å². The lowest BCUT2D eigenvalue weighted by Crippen LogP contribution is -2.22. The van der Waals surface area contributed by atoms with Gasteiger partial charge in [0.15, 0.2) is 5.16 Å². The molecule has 0 saturated heterocycles. The van der Waals surface area contributed by atoms with Crippen LogP contribution < -0.4 is 5.32 Å². The normalized spacial score (nSPS) is 11.5. The minimum Gasteiger partial charge on any atom is -0.319 e. The van der Waals surface area contributed by atoms with E-state index >= 15 is 0 Å². The van der Waals surface area contributed by atoms with Crippen LogP contribution in [0.4, 0.5) is 5.69 Å². The Morgan fingerprint density at radius 3 is 2.52 bits per heavy atom. The molecule has 0 fully saturated rings. The largest absolute Gasteiger partial charge is 0.319 e. The summed E-state index contributed by atoms with van der Waals surface area (Å²) in [6, 6.07) is 7.44. The van der Waals surface area contributed by atoms with Crippen molar-refractivity contribution < 1.29 is 4.79 Å². The quantitative estimate of drug-likeness (QED) is 0.723. The average Bonchev–Trinajstić information content (AvgIpc) is 3.23. The molecule has 0 aliphatic carbocycles. The van der Waals surface area contributed by atoms with Crippen molar-refractivity contribution in [3.05, 3.63) is 54.6 Å². The van der Waals surface area contributed by atoms with Gasteiger partial charge in [-0.25, -0.2) is 4.98 Å². The summed E-state index contributed by atoms with van der Waals surface area (Å²) in [5, 5.41) is 8.08. The van der Waals surface area contributed by atoms with Crippen LogP contribution in [-0.4, -0.2) is 31.5 Å². The number of hydrogen-bond acceptors (Lipinski definition) is 4. The van der Waals surface area contributed by atoms with Crippen molar-refractivity contribution in [3.8, 4) is 5.69 Å². The summed E-state index contributed by atoms with van der Waals surface area (Å²) in [5.74, 6) is -0.157. The first kappa shape index (κ1) is 17.3. The highest BCUT2D eigenvalue weighted by molar-refractivity contribution is 7.98. The van der Waals surface area contributed by atoms with Gasteiger partial charge < -0.3 is 5.32 Å². The molecule has 25 heavy (non-hydrogen) atoms. The summed E-state index contributed by atoms with van der Waals surface area (Å²) in [7, 11) is 0. The molecule has 0 saturated carbocycles. The lowest BCUT2D eigenvalue weighted by Gasteiger charge is -2.18. The fourth-order valence-corrected chi connectivity index (χ4v) is 2.90. The SMILES string of the molecule is CSc1nccn1-c1ccc(C(=O)Nc2cnn(C(C)(C)C)c2)cc1. The van der Waals surface area contributed by atoms with Crippen LogP contribution >= 0.6 is 11.8 Å². The summed E-state index contributed by atoms with van der Waals surface area (Å²) in [6.07, 6.45) is 9.15. The third-order valence-electron chi connectivity index (χ3n) is 3.72. The molecular weight excluding hydrogens is 334 g/mol. The van der Waals surface area contributed by atoms with Crippen LogP contribution in [0.1, 0.15) is 31.1 Å². The molecule has 3 rings (SSSR count). The molecule has 0 aliphatic heterocycles. The maximum atomic E-state index is 12.4. The number of rotatable bonds is 4. The number of carbonyl (C=O) groups is 1. The highest BCUT2D eigenvalue weighted by Gasteiger charge is 2.15. The van der Waals surface area contributed by atoms with E-state index in [1.54, 1.807) is 24.2 Å². The highest BCUT2D eigenvalue weighted by atomic mass is 32.2. The molecule has 130 valence electrons. The van der Waals surface area contributed by atoms with Crippen LogP contribution in [0.2, 0.25) is 0 Å². The van der Waals surface area contributed by atoms with Crippen LogP contribution in [0.25, 0.3) is 5.69 Å². The van der Waals surface area contributed by atoms with E-state index < -0.39 is 0 Å². The Hall–Kier alpha value is -2.54. The molecule has 3 aromatic rings. The molecule has 2 heterocycles. The number of anilines is 1. The predicted molar refractivity (Wildman–Crippen MR) is 101 cm³/mol. The van der Waals surface area contributed by atoms with Crippen molar-refractivity contribution in [1.29, 1.82) is 0 Å². The lowest BCUT2D eigenvalue weighted by atomic mass is 10.1. The van der Waals surface area contributed by atoms with Gasteiger partial charge in [0.1, 0.15) is 0 Å². The van der Waals surface area contributed by atoms with Gasteiger partial charge in [-0.1, -0.05) is 11.8 Å². The fourth-order valence-electron chi connectivity index (χ4n) is 2.37. The first-order valence-electron chi connectivity index (χ1n) is 7.93. The van der Waals surface area contributed by atoms with E-state index in [9.17, 15) is 4.79 Å². The van der Waals surface area contributed by atoms with Crippen LogP contribution in [-0.2, 0) is 5.54 Å². The number of imidazole rings is 1. The number of benzene rings is 1. The molecule has 0 bridgehead atoms. The molecule has 1 aromatic carbocycles. The van der Waals surface area contributed by atoms with Gasteiger partial charge in [0, 0.05) is 29.8 Å². The Morgan fingerprint density at radius 2 is 1.92 bits per heavy atom. The van der Waals surface area contributed by atoms with Crippen molar-refractivity contribution in [2.75, 3.05) is 11.6 Å². The summed E-state index contributed by atoms with van der Waals surface area (Å²) in [5.41, 5.74) is 2.13. The van der Waals surface area contributed by atoms with Crippen LogP contribution in [0.3, 0.4) is 0 Å². The van der Waals surface area contributed by atoms with Crippen LogP contribution in [0, 0.1) is 0 Å². The van der Waals surface area contributed by atoms with E-state index in [0.717, 1.165) is 10.8 Å². The average molecular weight is 355 g/mol. The van der Waals surface area contributed by atoms with E-state index in [2.05, 4.69) is 36.2 Å². The van der Waals surface area contributed by atoms with Crippen LogP contribution in [0.5, 0.6) is 0 Å². The number of nitrogens with one attached hydrogen (secondary N) is 1. The second-order valence-corrected chi connectivity index (χ2v) is 7.40. The van der Waals surface area contributed by atoms with Gasteiger partial charge in [-0.3, -0.25) is 14.0 Å². The standard InChI is InChI=1S/C18H21N5OS/c1-18(2,3)23-12-14(11-20-23)21-16(24)13-5-7-15(8-6-13)22-10-9-19-17(22)25-4/h5-12H,1-4H3,(H,21,24). The fraction of sp³-hybridized carbons (Fsp3) is 0.278. The first-order valence-corrected chi connectivity index (χ1v) is 9.15. The van der Waals surface area contributed by atoms with Gasteiger partial charge >= 0.3 is 0 Å². The highest BCUT2D eigenvalue weighted by Crippen LogP contribution is 2.19. The van der Waals surface area contributed by atoms with Crippen LogP contribution in [0.15, 0.2) is 54.2 Å². The van der Waals surface area contributed by atoms with Crippen molar-refractivity contribution >= 4 is 23.4 Å². The zero-order valence-corrected chi connectivity index (χ0v) is 15.5. The molecule has 2 aromatic heterocycles. The Labute approximate surface area is 151 Å². The molecule has 7 heteroatoms. The maximum absolute atomic E-state index is 12.4. The third kappa shape index (κ3) is 3.76. The summed E-state index contributed by atoms with van der Waals surface area (Å²) < 4.78 is 3.81. The molecule has 0 aliphatic rings. The number of amides is 1. The van der Waals surface area contributed by atoms with Crippen molar-refractivity contribution in [2.24, 2.45) is 0 Å². The number of nitrogens with zero attached hydrogens (tertiary/aromatic N) is 4. The summed E-state index contributed by atoms with van der Waals surface area (Å²) in [4.78, 5) is 16.7. The second-order valence-electron chi connectivity index (χ2n) is 6.63. The molecule has 6 nitrogen and oxygen atoms in total. The Kier molecular flexibility index (Phi) is 4.67. The summed E-state index contributed by atoms with van der Waals surface area (Å²) >= 11 is 1.58. The zero-order chi connectivity index (χ0) is 18.0. The molecule has 1 amide bonds. The van der Waals surface area contributed by atoms with Crippen molar-refractivity contribution in [2.45, 2.75) is 31.5 Å². The maximum Gasteiger partial charge on any atom is 0.255 e. The van der Waals surface area contributed by atoms with Gasteiger partial charge in [0.05, 0.1) is 17.4 Å². The Morgan fingerprint density at radius 1 is 1.20 bits per heavy atom. The topological polar surface area (TPSA) is 64.7 Å². The smallest absolute Gasteiger partial charge is 0.255 e. The Balaban J connectivity index is 1.74. The number of thioether (sulfide) groups is 1. The van der Waals surface area contributed by atoms with Gasteiger partial charge in [0.2, 0.25) is 0 Å². The van der Waals surface area contributed by atoms with Gasteiger partial charge in [-0.2, -0.15) is 5.10 Å². The lowest BCUT2D eigenvalue weighted by molar-refractivity contribution is 0.102. The second kappa shape index (κ2) is 6.76.